The highest BCUT2D eigenvalue weighted by Gasteiger charge is 2.14. The third-order valence-electron chi connectivity index (χ3n) is 1.74. The number of rotatable bonds is 5. The highest BCUT2D eigenvalue weighted by molar-refractivity contribution is 7.89. The SMILES string of the molecule is O=Cc1ccc(S(=O)(=O)NCC(=O)O)cc1. The minimum absolute atomic E-state index is 0.0839. The molecule has 1 aromatic carbocycles. The van der Waals surface area contributed by atoms with Gasteiger partial charge < -0.3 is 5.11 Å². The van der Waals surface area contributed by atoms with E-state index in [9.17, 15) is 18.0 Å². The van der Waals surface area contributed by atoms with Gasteiger partial charge in [-0.15, -0.1) is 0 Å². The molecule has 86 valence electrons. The molecule has 0 saturated heterocycles. The lowest BCUT2D eigenvalue weighted by molar-refractivity contribution is -0.135. The lowest BCUT2D eigenvalue weighted by Crippen LogP contribution is -2.29. The molecule has 0 aliphatic carbocycles. The molecule has 0 amide bonds. The Hall–Kier alpha value is -1.73. The van der Waals surface area contributed by atoms with E-state index in [4.69, 9.17) is 5.11 Å². The topological polar surface area (TPSA) is 101 Å². The number of carbonyl (C=O) groups excluding carboxylic acids is 1. The molecular formula is C9H9NO5S. The molecule has 0 bridgehead atoms. The van der Waals surface area contributed by atoms with Crippen LogP contribution in [0.25, 0.3) is 0 Å². The maximum atomic E-state index is 11.5. The molecule has 0 spiro atoms. The van der Waals surface area contributed by atoms with E-state index in [2.05, 4.69) is 0 Å². The predicted molar refractivity (Wildman–Crippen MR) is 54.7 cm³/mol. The van der Waals surface area contributed by atoms with Crippen LogP contribution in [-0.2, 0) is 14.8 Å². The van der Waals surface area contributed by atoms with E-state index in [0.29, 0.717) is 11.8 Å². The van der Waals surface area contributed by atoms with Gasteiger partial charge in [0.15, 0.2) is 0 Å². The summed E-state index contributed by atoms with van der Waals surface area (Å²) in [6, 6.07) is 5.13. The van der Waals surface area contributed by atoms with Gasteiger partial charge in [0.05, 0.1) is 4.90 Å². The van der Waals surface area contributed by atoms with Crippen molar-refractivity contribution in [2.45, 2.75) is 4.90 Å². The largest absolute Gasteiger partial charge is 0.480 e. The number of carboxylic acid groups (broad SMARTS) is 1. The molecule has 0 heterocycles. The third-order valence-corrected chi connectivity index (χ3v) is 3.16. The Bertz CT molecular complexity index is 491. The van der Waals surface area contributed by atoms with E-state index in [-0.39, 0.29) is 4.90 Å². The van der Waals surface area contributed by atoms with Gasteiger partial charge >= 0.3 is 5.97 Å². The van der Waals surface area contributed by atoms with Crippen LogP contribution < -0.4 is 4.72 Å². The minimum Gasteiger partial charge on any atom is -0.480 e. The predicted octanol–water partition coefficient (Wildman–Crippen LogP) is -0.138. The first-order valence-corrected chi connectivity index (χ1v) is 5.71. The van der Waals surface area contributed by atoms with E-state index in [1.165, 1.54) is 24.3 Å². The molecule has 0 unspecified atom stereocenters. The van der Waals surface area contributed by atoms with Gasteiger partial charge in [0, 0.05) is 5.56 Å². The third kappa shape index (κ3) is 3.14. The molecule has 0 saturated carbocycles. The number of aliphatic carboxylic acids is 1. The van der Waals surface area contributed by atoms with Gasteiger partial charge in [0.2, 0.25) is 10.0 Å². The van der Waals surface area contributed by atoms with Crippen LogP contribution in [-0.4, -0.2) is 32.3 Å². The molecular weight excluding hydrogens is 234 g/mol. The lowest BCUT2D eigenvalue weighted by atomic mass is 10.2. The zero-order valence-electron chi connectivity index (χ0n) is 8.08. The average Bonchev–Trinajstić information content (AvgIpc) is 2.27. The van der Waals surface area contributed by atoms with Crippen molar-refractivity contribution in [3.05, 3.63) is 29.8 Å². The van der Waals surface area contributed by atoms with Crippen LogP contribution >= 0.6 is 0 Å². The van der Waals surface area contributed by atoms with E-state index in [1.807, 2.05) is 4.72 Å². The molecule has 6 nitrogen and oxygen atoms in total. The minimum atomic E-state index is -3.83. The monoisotopic (exact) mass is 243 g/mol. The summed E-state index contributed by atoms with van der Waals surface area (Å²) in [5, 5.41) is 8.33. The van der Waals surface area contributed by atoms with Crippen molar-refractivity contribution in [1.82, 2.24) is 4.72 Å². The first kappa shape index (κ1) is 12.3. The molecule has 7 heteroatoms. The fraction of sp³-hybridized carbons (Fsp3) is 0.111. The lowest BCUT2D eigenvalue weighted by Gasteiger charge is -2.04. The Kier molecular flexibility index (Phi) is 3.75. The van der Waals surface area contributed by atoms with Crippen LogP contribution in [0.4, 0.5) is 0 Å². The van der Waals surface area contributed by atoms with Crippen molar-refractivity contribution in [2.24, 2.45) is 0 Å². The summed E-state index contributed by atoms with van der Waals surface area (Å²) in [5.41, 5.74) is 0.345. The molecule has 1 rings (SSSR count). The van der Waals surface area contributed by atoms with E-state index in [1.54, 1.807) is 0 Å². The molecule has 0 aliphatic heterocycles. The zero-order chi connectivity index (χ0) is 12.2. The van der Waals surface area contributed by atoms with Crippen molar-refractivity contribution >= 4 is 22.3 Å². The van der Waals surface area contributed by atoms with Crippen LogP contribution in [0.1, 0.15) is 10.4 Å². The summed E-state index contributed by atoms with van der Waals surface area (Å²) in [6.45, 7) is -0.683. The maximum absolute atomic E-state index is 11.5. The van der Waals surface area contributed by atoms with Crippen LogP contribution in [0, 0.1) is 0 Å². The summed E-state index contributed by atoms with van der Waals surface area (Å²) >= 11 is 0. The summed E-state index contributed by atoms with van der Waals surface area (Å²) < 4.78 is 24.8. The van der Waals surface area contributed by atoms with Gasteiger partial charge in [0.25, 0.3) is 0 Å². The molecule has 0 atom stereocenters. The fourth-order valence-electron chi connectivity index (χ4n) is 0.966. The first-order valence-electron chi connectivity index (χ1n) is 4.22. The second kappa shape index (κ2) is 4.86. The summed E-state index contributed by atoms with van der Waals surface area (Å²) in [4.78, 5) is 20.5. The average molecular weight is 243 g/mol. The number of aldehydes is 1. The number of nitrogens with one attached hydrogen (secondary N) is 1. The highest BCUT2D eigenvalue weighted by atomic mass is 32.2. The number of carbonyl (C=O) groups is 2. The standard InChI is InChI=1S/C9H9NO5S/c11-6-7-1-3-8(4-2-7)16(14,15)10-5-9(12)13/h1-4,6,10H,5H2,(H,12,13). The molecule has 0 aromatic heterocycles. The zero-order valence-corrected chi connectivity index (χ0v) is 8.90. The first-order chi connectivity index (χ1) is 7.45. The fourth-order valence-corrected chi connectivity index (χ4v) is 1.94. The maximum Gasteiger partial charge on any atom is 0.318 e. The van der Waals surface area contributed by atoms with Gasteiger partial charge in [-0.05, 0) is 12.1 Å². The smallest absolute Gasteiger partial charge is 0.318 e. The van der Waals surface area contributed by atoms with Crippen molar-refractivity contribution < 1.29 is 23.1 Å². The van der Waals surface area contributed by atoms with Crippen LogP contribution in [0.15, 0.2) is 29.2 Å². The number of hydrogen-bond acceptors (Lipinski definition) is 4. The van der Waals surface area contributed by atoms with Crippen molar-refractivity contribution in [2.75, 3.05) is 6.54 Å². The summed E-state index contributed by atoms with van der Waals surface area (Å²) in [6.07, 6.45) is 0.584. The summed E-state index contributed by atoms with van der Waals surface area (Å²) in [7, 11) is -3.83. The van der Waals surface area contributed by atoms with Crippen LogP contribution in [0.5, 0.6) is 0 Å². The Morgan fingerprint density at radius 1 is 1.31 bits per heavy atom. The summed E-state index contributed by atoms with van der Waals surface area (Å²) in [5.74, 6) is -1.27. The van der Waals surface area contributed by atoms with Crippen LogP contribution in [0.3, 0.4) is 0 Å². The van der Waals surface area contributed by atoms with Crippen molar-refractivity contribution in [3.63, 3.8) is 0 Å². The number of benzene rings is 1. The quantitative estimate of drug-likeness (QED) is 0.701. The Labute approximate surface area is 92.0 Å². The Morgan fingerprint density at radius 3 is 2.31 bits per heavy atom. The molecule has 0 aliphatic rings. The van der Waals surface area contributed by atoms with E-state index < -0.39 is 22.5 Å². The van der Waals surface area contributed by atoms with Gasteiger partial charge in [-0.3, -0.25) is 9.59 Å². The number of hydrogen-bond donors (Lipinski definition) is 2. The highest BCUT2D eigenvalue weighted by Crippen LogP contribution is 2.08. The number of sulfonamides is 1. The molecule has 0 radical (unpaired) electrons. The van der Waals surface area contributed by atoms with Gasteiger partial charge in [0.1, 0.15) is 12.8 Å². The number of carboxylic acids is 1. The molecule has 0 fully saturated rings. The van der Waals surface area contributed by atoms with E-state index >= 15 is 0 Å². The van der Waals surface area contributed by atoms with Crippen molar-refractivity contribution in [1.29, 1.82) is 0 Å². The van der Waals surface area contributed by atoms with Gasteiger partial charge in [-0.2, -0.15) is 4.72 Å². The Balaban J connectivity index is 2.89. The Morgan fingerprint density at radius 2 is 1.88 bits per heavy atom. The molecule has 16 heavy (non-hydrogen) atoms. The van der Waals surface area contributed by atoms with Gasteiger partial charge in [-0.1, -0.05) is 12.1 Å². The normalized spacial score (nSPS) is 11.0. The van der Waals surface area contributed by atoms with E-state index in [0.717, 1.165) is 0 Å². The van der Waals surface area contributed by atoms with Crippen molar-refractivity contribution in [3.8, 4) is 0 Å². The van der Waals surface area contributed by atoms with Crippen LogP contribution in [0.2, 0.25) is 0 Å². The second-order valence-electron chi connectivity index (χ2n) is 2.91. The second-order valence-corrected chi connectivity index (χ2v) is 4.67. The van der Waals surface area contributed by atoms with Gasteiger partial charge in [-0.25, -0.2) is 8.42 Å². The molecule has 1 aromatic rings. The molecule has 2 N–H and O–H groups in total.